The molecule has 0 aliphatic rings. The summed E-state index contributed by atoms with van der Waals surface area (Å²) in [4.78, 5) is 2.33. The summed E-state index contributed by atoms with van der Waals surface area (Å²) in [5.41, 5.74) is 1.04. The molecule has 2 nitrogen and oxygen atoms in total. The van der Waals surface area contributed by atoms with Crippen LogP contribution in [0.5, 0.6) is 0 Å². The first-order valence-electron chi connectivity index (χ1n) is 6.04. The molecule has 1 aromatic rings. The van der Waals surface area contributed by atoms with E-state index in [-0.39, 0.29) is 0 Å². The third kappa shape index (κ3) is 3.83. The van der Waals surface area contributed by atoms with Gasteiger partial charge in [-0.25, -0.2) is 0 Å². The molecule has 17 heavy (non-hydrogen) atoms. The summed E-state index contributed by atoms with van der Waals surface area (Å²) >= 11 is 3.59. The van der Waals surface area contributed by atoms with E-state index in [2.05, 4.69) is 40.7 Å². The number of nitrogens with zero attached hydrogens (tertiary/aromatic N) is 2. The molecule has 0 bridgehead atoms. The van der Waals surface area contributed by atoms with Crippen molar-refractivity contribution in [2.45, 2.75) is 24.6 Å². The standard InChI is InChI=1S/C14H19BrN2/c1-3-17(4-2)11-10-14(15,12-16)13-8-6-5-7-9-13/h5-9H,3-4,10-11H2,1-2H3. The quantitative estimate of drug-likeness (QED) is 0.751. The Morgan fingerprint density at radius 1 is 1.24 bits per heavy atom. The van der Waals surface area contributed by atoms with Crippen LogP contribution in [0.1, 0.15) is 25.8 Å². The number of halogens is 1. The van der Waals surface area contributed by atoms with Crippen LogP contribution >= 0.6 is 15.9 Å². The maximum atomic E-state index is 9.38. The van der Waals surface area contributed by atoms with E-state index in [0.29, 0.717) is 0 Å². The molecule has 0 aliphatic carbocycles. The van der Waals surface area contributed by atoms with Crippen molar-refractivity contribution in [2.75, 3.05) is 19.6 Å². The summed E-state index contributed by atoms with van der Waals surface area (Å²) in [5.74, 6) is 0. The van der Waals surface area contributed by atoms with Gasteiger partial charge in [0.05, 0.1) is 6.07 Å². The molecule has 0 heterocycles. The van der Waals surface area contributed by atoms with Crippen LogP contribution in [0, 0.1) is 11.3 Å². The largest absolute Gasteiger partial charge is 0.304 e. The highest BCUT2D eigenvalue weighted by Crippen LogP contribution is 2.34. The lowest BCUT2D eigenvalue weighted by Crippen LogP contribution is -2.29. The summed E-state index contributed by atoms with van der Waals surface area (Å²) < 4.78 is -0.559. The zero-order valence-electron chi connectivity index (χ0n) is 10.5. The average Bonchev–Trinajstić information content (AvgIpc) is 2.40. The van der Waals surface area contributed by atoms with E-state index in [1.165, 1.54) is 0 Å². The van der Waals surface area contributed by atoms with E-state index in [9.17, 15) is 5.26 Å². The highest BCUT2D eigenvalue weighted by molar-refractivity contribution is 9.09. The zero-order chi connectivity index (χ0) is 12.7. The number of alkyl halides is 1. The molecule has 0 saturated heterocycles. The number of rotatable bonds is 6. The van der Waals surface area contributed by atoms with Crippen molar-refractivity contribution in [3.05, 3.63) is 35.9 Å². The monoisotopic (exact) mass is 294 g/mol. The smallest absolute Gasteiger partial charge is 0.138 e. The maximum absolute atomic E-state index is 9.38. The van der Waals surface area contributed by atoms with Crippen LogP contribution in [0.25, 0.3) is 0 Å². The maximum Gasteiger partial charge on any atom is 0.138 e. The van der Waals surface area contributed by atoms with Gasteiger partial charge in [-0.05, 0) is 25.1 Å². The summed E-state index contributed by atoms with van der Waals surface area (Å²) in [5, 5.41) is 9.38. The van der Waals surface area contributed by atoms with E-state index < -0.39 is 4.32 Å². The van der Waals surface area contributed by atoms with Crippen molar-refractivity contribution < 1.29 is 0 Å². The molecule has 0 radical (unpaired) electrons. The molecule has 3 heteroatoms. The third-order valence-corrected chi connectivity index (χ3v) is 4.11. The van der Waals surface area contributed by atoms with Gasteiger partial charge in [0.1, 0.15) is 4.32 Å². The second-order valence-electron chi connectivity index (χ2n) is 4.06. The van der Waals surface area contributed by atoms with Gasteiger partial charge in [-0.1, -0.05) is 60.1 Å². The molecular formula is C14H19BrN2. The molecule has 1 aromatic carbocycles. The Hall–Kier alpha value is -0.850. The first-order valence-corrected chi connectivity index (χ1v) is 6.83. The fraction of sp³-hybridized carbons (Fsp3) is 0.500. The van der Waals surface area contributed by atoms with E-state index in [4.69, 9.17) is 0 Å². The van der Waals surface area contributed by atoms with Gasteiger partial charge in [0, 0.05) is 6.54 Å². The van der Waals surface area contributed by atoms with Crippen molar-refractivity contribution in [1.29, 1.82) is 5.26 Å². The van der Waals surface area contributed by atoms with Crippen molar-refractivity contribution in [2.24, 2.45) is 0 Å². The molecule has 0 fully saturated rings. The molecule has 0 aromatic heterocycles. The van der Waals surface area contributed by atoms with Gasteiger partial charge in [-0.2, -0.15) is 5.26 Å². The predicted octanol–water partition coefficient (Wildman–Crippen LogP) is 3.53. The van der Waals surface area contributed by atoms with Crippen LogP contribution in [0.4, 0.5) is 0 Å². The number of hydrogen-bond donors (Lipinski definition) is 0. The minimum absolute atomic E-state index is 0.559. The molecule has 1 atom stereocenters. The first kappa shape index (κ1) is 14.2. The Kier molecular flexibility index (Phi) is 5.67. The van der Waals surface area contributed by atoms with Crippen LogP contribution < -0.4 is 0 Å². The second-order valence-corrected chi connectivity index (χ2v) is 5.41. The number of benzene rings is 1. The summed E-state index contributed by atoms with van der Waals surface area (Å²) in [6.07, 6.45) is 0.801. The van der Waals surface area contributed by atoms with E-state index >= 15 is 0 Å². The minimum Gasteiger partial charge on any atom is -0.304 e. The second kappa shape index (κ2) is 6.78. The zero-order valence-corrected chi connectivity index (χ0v) is 12.1. The van der Waals surface area contributed by atoms with Crippen molar-refractivity contribution in [1.82, 2.24) is 4.90 Å². The molecular weight excluding hydrogens is 276 g/mol. The Labute approximate surface area is 112 Å². The van der Waals surface area contributed by atoms with E-state index in [0.717, 1.165) is 31.6 Å². The fourth-order valence-electron chi connectivity index (χ4n) is 1.82. The highest BCUT2D eigenvalue weighted by Gasteiger charge is 2.28. The summed E-state index contributed by atoms with van der Waals surface area (Å²) in [6.45, 7) is 7.28. The Bertz CT molecular complexity index is 368. The third-order valence-electron chi connectivity index (χ3n) is 3.08. The van der Waals surface area contributed by atoms with Gasteiger partial charge in [0.25, 0.3) is 0 Å². The molecule has 1 rings (SSSR count). The topological polar surface area (TPSA) is 27.0 Å². The van der Waals surface area contributed by atoms with Gasteiger partial charge >= 0.3 is 0 Å². The van der Waals surface area contributed by atoms with Crippen molar-refractivity contribution in [3.63, 3.8) is 0 Å². The number of nitriles is 1. The number of hydrogen-bond acceptors (Lipinski definition) is 2. The van der Waals surface area contributed by atoms with Crippen LogP contribution in [0.15, 0.2) is 30.3 Å². The Morgan fingerprint density at radius 3 is 2.29 bits per heavy atom. The molecule has 0 spiro atoms. The Morgan fingerprint density at radius 2 is 1.82 bits per heavy atom. The average molecular weight is 295 g/mol. The van der Waals surface area contributed by atoms with Gasteiger partial charge in [-0.3, -0.25) is 0 Å². The van der Waals surface area contributed by atoms with Gasteiger partial charge < -0.3 is 4.90 Å². The van der Waals surface area contributed by atoms with Crippen LogP contribution in [-0.4, -0.2) is 24.5 Å². The van der Waals surface area contributed by atoms with Gasteiger partial charge in [-0.15, -0.1) is 0 Å². The minimum atomic E-state index is -0.559. The lowest BCUT2D eigenvalue weighted by atomic mass is 9.97. The molecule has 1 unspecified atom stereocenters. The lowest BCUT2D eigenvalue weighted by molar-refractivity contribution is 0.293. The summed E-state index contributed by atoms with van der Waals surface area (Å²) in [7, 11) is 0. The molecule has 92 valence electrons. The highest BCUT2D eigenvalue weighted by atomic mass is 79.9. The van der Waals surface area contributed by atoms with Gasteiger partial charge in [0.2, 0.25) is 0 Å². The fourth-order valence-corrected chi connectivity index (χ4v) is 2.26. The van der Waals surface area contributed by atoms with Crippen molar-refractivity contribution >= 4 is 15.9 Å². The normalized spacial score (nSPS) is 14.3. The SMILES string of the molecule is CCN(CC)CCC(Br)(C#N)c1ccccc1. The van der Waals surface area contributed by atoms with E-state index in [1.54, 1.807) is 0 Å². The molecule has 0 saturated carbocycles. The van der Waals surface area contributed by atoms with Gasteiger partial charge in [0.15, 0.2) is 0 Å². The first-order chi connectivity index (χ1) is 8.16. The predicted molar refractivity (Wildman–Crippen MR) is 75.1 cm³/mol. The molecule has 0 N–H and O–H groups in total. The Balaban J connectivity index is 2.74. The van der Waals surface area contributed by atoms with Crippen LogP contribution in [0.3, 0.4) is 0 Å². The van der Waals surface area contributed by atoms with Crippen molar-refractivity contribution in [3.8, 4) is 6.07 Å². The van der Waals surface area contributed by atoms with Crippen LogP contribution in [-0.2, 0) is 4.32 Å². The lowest BCUT2D eigenvalue weighted by Gasteiger charge is -2.25. The van der Waals surface area contributed by atoms with Crippen LogP contribution in [0.2, 0.25) is 0 Å². The van der Waals surface area contributed by atoms with E-state index in [1.807, 2.05) is 30.3 Å². The molecule has 0 aliphatic heterocycles. The summed E-state index contributed by atoms with van der Waals surface area (Å²) in [6, 6.07) is 12.3. The molecule has 0 amide bonds.